The number of nitrogens with one attached hydrogen (secondary N) is 1. The summed E-state index contributed by atoms with van der Waals surface area (Å²) < 4.78 is 21.0. The molecule has 1 aliphatic heterocycles. The fourth-order valence-corrected chi connectivity index (χ4v) is 4.33. The molecule has 0 radical (unpaired) electrons. The molecular weight excluding hydrogens is 554 g/mol. The van der Waals surface area contributed by atoms with Crippen LogP contribution in [0.3, 0.4) is 0 Å². The van der Waals surface area contributed by atoms with Gasteiger partial charge in [-0.15, -0.1) is 0 Å². The molecule has 0 atom stereocenters. The number of hydrogen-bond donors (Lipinski definition) is 1. The number of para-hydroxylation sites is 1. The quantitative estimate of drug-likeness (QED) is 0.199. The van der Waals surface area contributed by atoms with Gasteiger partial charge in [-0.3, -0.25) is 14.9 Å². The van der Waals surface area contributed by atoms with Gasteiger partial charge in [-0.05, 0) is 83.2 Å². The molecule has 1 heterocycles. The third-order valence-corrected chi connectivity index (χ3v) is 6.07. The average molecular weight is 572 g/mol. The predicted octanol–water partition coefficient (Wildman–Crippen LogP) is 5.15. The van der Waals surface area contributed by atoms with Gasteiger partial charge in [0, 0.05) is 0 Å². The van der Waals surface area contributed by atoms with Crippen molar-refractivity contribution in [3.8, 4) is 5.75 Å². The van der Waals surface area contributed by atoms with E-state index in [0.717, 1.165) is 19.6 Å². The van der Waals surface area contributed by atoms with Crippen LogP contribution in [0.15, 0.2) is 72.3 Å². The maximum absolute atomic E-state index is 14.3. The lowest BCUT2D eigenvalue weighted by Crippen LogP contribution is -2.54. The van der Waals surface area contributed by atoms with Gasteiger partial charge in [-0.1, -0.05) is 48.0 Å². The fraction of sp³-hybridized carbons (Fsp3) is 0.0800. The first-order valence-corrected chi connectivity index (χ1v) is 11.5. The number of thiocarbonyl (C=S) groups is 1. The zero-order valence-electron chi connectivity index (χ0n) is 17.5. The molecule has 1 fully saturated rings. The number of carbonyl (C=O) groups excluding carboxylic acids is 2. The van der Waals surface area contributed by atoms with Gasteiger partial charge in [-0.2, -0.15) is 0 Å². The Bertz CT molecular complexity index is 1310. The Morgan fingerprint density at radius 1 is 1.09 bits per heavy atom. The summed E-state index contributed by atoms with van der Waals surface area (Å²) in [5.74, 6) is -1.25. The van der Waals surface area contributed by atoms with Crippen LogP contribution in [0.5, 0.6) is 5.75 Å². The van der Waals surface area contributed by atoms with Crippen molar-refractivity contribution in [3.05, 3.63) is 98.4 Å². The van der Waals surface area contributed by atoms with Crippen LogP contribution in [0.1, 0.15) is 16.7 Å². The summed E-state index contributed by atoms with van der Waals surface area (Å²) in [4.78, 5) is 26.5. The second kappa shape index (κ2) is 9.80. The highest BCUT2D eigenvalue weighted by atomic mass is 127. The van der Waals surface area contributed by atoms with Crippen LogP contribution in [-0.4, -0.2) is 16.9 Å². The van der Waals surface area contributed by atoms with Crippen LogP contribution >= 0.6 is 34.8 Å². The van der Waals surface area contributed by atoms with E-state index in [4.69, 9.17) is 17.0 Å². The molecule has 3 aromatic rings. The zero-order valence-corrected chi connectivity index (χ0v) is 20.4. The zero-order chi connectivity index (χ0) is 23.5. The minimum atomic E-state index is -0.691. The largest absolute Gasteiger partial charge is 0.488 e. The maximum atomic E-state index is 14.3. The monoisotopic (exact) mass is 572 g/mol. The first kappa shape index (κ1) is 23.1. The topological polar surface area (TPSA) is 58.6 Å². The number of nitrogens with zero attached hydrogens (tertiary/aromatic N) is 1. The second-order valence-electron chi connectivity index (χ2n) is 7.38. The Morgan fingerprint density at radius 3 is 2.61 bits per heavy atom. The normalized spacial score (nSPS) is 15.1. The summed E-state index contributed by atoms with van der Waals surface area (Å²) in [7, 11) is 0. The molecule has 0 bridgehead atoms. The minimum absolute atomic E-state index is 0.0205. The van der Waals surface area contributed by atoms with Crippen molar-refractivity contribution in [2.75, 3.05) is 4.90 Å². The van der Waals surface area contributed by atoms with Crippen LogP contribution in [0.4, 0.5) is 10.1 Å². The van der Waals surface area contributed by atoms with Gasteiger partial charge >= 0.3 is 0 Å². The Kier molecular flexibility index (Phi) is 6.85. The highest BCUT2D eigenvalue weighted by Gasteiger charge is 2.35. The highest BCUT2D eigenvalue weighted by Crippen LogP contribution is 2.27. The smallest absolute Gasteiger partial charge is 0.270 e. The summed E-state index contributed by atoms with van der Waals surface area (Å²) in [6.45, 7) is 2.45. The van der Waals surface area contributed by atoms with E-state index < -0.39 is 17.6 Å². The van der Waals surface area contributed by atoms with Crippen molar-refractivity contribution in [3.63, 3.8) is 0 Å². The van der Waals surface area contributed by atoms with E-state index in [2.05, 4.69) is 34.0 Å². The molecule has 0 saturated carbocycles. The second-order valence-corrected chi connectivity index (χ2v) is 8.93. The average Bonchev–Trinajstić information content (AvgIpc) is 2.77. The van der Waals surface area contributed by atoms with Crippen LogP contribution in [-0.2, 0) is 16.2 Å². The van der Waals surface area contributed by atoms with Crippen molar-refractivity contribution in [2.24, 2.45) is 0 Å². The first-order chi connectivity index (χ1) is 15.8. The molecule has 8 heteroatoms. The van der Waals surface area contributed by atoms with E-state index in [1.165, 1.54) is 24.3 Å². The van der Waals surface area contributed by atoms with E-state index in [0.29, 0.717) is 17.9 Å². The van der Waals surface area contributed by atoms with Gasteiger partial charge in [0.25, 0.3) is 11.8 Å². The van der Waals surface area contributed by atoms with Gasteiger partial charge in [0.2, 0.25) is 0 Å². The number of benzene rings is 3. The number of anilines is 1. The van der Waals surface area contributed by atoms with E-state index >= 15 is 0 Å². The molecule has 1 saturated heterocycles. The van der Waals surface area contributed by atoms with Crippen LogP contribution in [0.2, 0.25) is 0 Å². The summed E-state index contributed by atoms with van der Waals surface area (Å²) >= 11 is 7.26. The van der Waals surface area contributed by atoms with E-state index in [1.54, 1.807) is 24.3 Å². The summed E-state index contributed by atoms with van der Waals surface area (Å²) in [6.07, 6.45) is 1.46. The third kappa shape index (κ3) is 5.12. The molecule has 0 aliphatic carbocycles. The molecule has 2 amide bonds. The standard InChI is InChI=1S/C25H18FIN2O3S/c1-15-5-4-6-17(11-15)14-32-22-10-9-16(13-20(22)27)12-18-23(30)28-25(33)29(24(18)31)21-8-3-2-7-19(21)26/h2-13H,14H2,1H3,(H,28,30,33)/b18-12+. The number of carbonyl (C=O) groups is 2. The van der Waals surface area contributed by atoms with Crippen molar-refractivity contribution >= 4 is 63.5 Å². The number of halogens is 2. The number of ether oxygens (including phenoxy) is 1. The molecule has 166 valence electrons. The Morgan fingerprint density at radius 2 is 1.88 bits per heavy atom. The summed E-state index contributed by atoms with van der Waals surface area (Å²) in [5.41, 5.74) is 2.68. The number of aryl methyl sites for hydroxylation is 1. The van der Waals surface area contributed by atoms with Crippen molar-refractivity contribution in [1.82, 2.24) is 5.32 Å². The lowest BCUT2D eigenvalue weighted by Gasteiger charge is -2.29. The van der Waals surface area contributed by atoms with E-state index in [1.807, 2.05) is 25.1 Å². The fourth-order valence-electron chi connectivity index (χ4n) is 3.36. The van der Waals surface area contributed by atoms with Gasteiger partial charge in [0.1, 0.15) is 23.7 Å². The molecule has 0 aromatic heterocycles. The molecule has 1 aliphatic rings. The third-order valence-electron chi connectivity index (χ3n) is 4.94. The minimum Gasteiger partial charge on any atom is -0.488 e. The first-order valence-electron chi connectivity index (χ1n) is 9.97. The molecule has 5 nitrogen and oxygen atoms in total. The van der Waals surface area contributed by atoms with E-state index in [-0.39, 0.29) is 16.4 Å². The van der Waals surface area contributed by atoms with Crippen molar-refractivity contribution in [2.45, 2.75) is 13.5 Å². The summed E-state index contributed by atoms with van der Waals surface area (Å²) in [6, 6.07) is 19.2. The SMILES string of the molecule is Cc1cccc(COc2ccc(/C=C3\C(=O)NC(=S)N(c4ccccc4F)C3=O)cc2I)c1. The van der Waals surface area contributed by atoms with Gasteiger partial charge in [0.05, 0.1) is 9.26 Å². The van der Waals surface area contributed by atoms with Crippen molar-refractivity contribution in [1.29, 1.82) is 0 Å². The molecular formula is C25H18FIN2O3S. The van der Waals surface area contributed by atoms with Gasteiger partial charge < -0.3 is 4.74 Å². The Balaban J connectivity index is 1.57. The molecule has 3 aromatic carbocycles. The van der Waals surface area contributed by atoms with Crippen molar-refractivity contribution < 1.29 is 18.7 Å². The number of rotatable bonds is 5. The Hall–Kier alpha value is -3.11. The van der Waals surface area contributed by atoms with Crippen LogP contribution in [0.25, 0.3) is 6.08 Å². The van der Waals surface area contributed by atoms with Gasteiger partial charge in [-0.25, -0.2) is 9.29 Å². The molecule has 0 spiro atoms. The lowest BCUT2D eigenvalue weighted by molar-refractivity contribution is -0.122. The maximum Gasteiger partial charge on any atom is 0.270 e. The Labute approximate surface area is 209 Å². The number of hydrogen-bond acceptors (Lipinski definition) is 4. The summed E-state index contributed by atoms with van der Waals surface area (Å²) in [5, 5.41) is 2.30. The number of amides is 2. The molecule has 33 heavy (non-hydrogen) atoms. The predicted molar refractivity (Wildman–Crippen MR) is 137 cm³/mol. The van der Waals surface area contributed by atoms with Crippen LogP contribution < -0.4 is 15.0 Å². The van der Waals surface area contributed by atoms with E-state index in [9.17, 15) is 14.0 Å². The molecule has 4 rings (SSSR count). The molecule has 0 unspecified atom stereocenters. The van der Waals surface area contributed by atoms with Gasteiger partial charge in [0.15, 0.2) is 5.11 Å². The van der Waals surface area contributed by atoms with Crippen LogP contribution in [0, 0.1) is 16.3 Å². The molecule has 1 N–H and O–H groups in total. The highest BCUT2D eigenvalue weighted by molar-refractivity contribution is 14.1. The lowest BCUT2D eigenvalue weighted by atomic mass is 10.1.